The summed E-state index contributed by atoms with van der Waals surface area (Å²) in [6, 6.07) is 11.9. The van der Waals surface area contributed by atoms with Crippen LogP contribution in [-0.2, 0) is 0 Å². The third-order valence-corrected chi connectivity index (χ3v) is 5.07. The number of nitrogens with zero attached hydrogens (tertiary/aromatic N) is 3. The number of aromatic nitrogens is 3. The van der Waals surface area contributed by atoms with Crippen LogP contribution in [0.3, 0.4) is 0 Å². The Labute approximate surface area is 180 Å². The molecule has 0 aliphatic heterocycles. The van der Waals surface area contributed by atoms with Crippen LogP contribution in [0.15, 0.2) is 54.9 Å². The molecule has 5 nitrogen and oxygen atoms in total. The zero-order chi connectivity index (χ0) is 19.8. The highest BCUT2D eigenvalue weighted by molar-refractivity contribution is 6.36. The van der Waals surface area contributed by atoms with E-state index in [1.165, 1.54) is 6.20 Å². The fourth-order valence-corrected chi connectivity index (χ4v) is 3.62. The van der Waals surface area contributed by atoms with Gasteiger partial charge in [0.15, 0.2) is 6.23 Å². The first-order chi connectivity index (χ1) is 13.4. The van der Waals surface area contributed by atoms with E-state index >= 15 is 0 Å². The van der Waals surface area contributed by atoms with Gasteiger partial charge in [0.05, 0.1) is 26.5 Å². The number of pyridine rings is 2. The number of hydrogen-bond acceptors (Lipinski definition) is 4. The molecule has 0 aliphatic rings. The Kier molecular flexibility index (Phi) is 5.36. The normalized spacial score (nSPS) is 12.3. The van der Waals surface area contributed by atoms with E-state index in [1.54, 1.807) is 53.1 Å². The minimum atomic E-state index is -1.15. The molecule has 0 amide bonds. The smallest absolute Gasteiger partial charge is 0.169 e. The summed E-state index contributed by atoms with van der Waals surface area (Å²) in [7, 11) is 0. The van der Waals surface area contributed by atoms with Gasteiger partial charge in [-0.2, -0.15) is 0 Å². The second kappa shape index (κ2) is 7.78. The van der Waals surface area contributed by atoms with Crippen LogP contribution >= 0.6 is 46.4 Å². The van der Waals surface area contributed by atoms with Crippen LogP contribution in [-0.4, -0.2) is 19.5 Å². The fraction of sp³-hybridized carbons (Fsp3) is 0.0526. The highest BCUT2D eigenvalue weighted by Gasteiger charge is 2.23. The molecule has 1 unspecified atom stereocenters. The Hall–Kier alpha value is -2.02. The van der Waals surface area contributed by atoms with Crippen molar-refractivity contribution in [3.05, 3.63) is 80.6 Å². The SMILES string of the molecule is OC(Nc1ccc(Cl)cn1)c1c(-c2ccc(Cl)cc2Cl)nc2ccc(Cl)cn12. The maximum atomic E-state index is 11.0. The van der Waals surface area contributed by atoms with E-state index in [1.807, 2.05) is 0 Å². The predicted octanol–water partition coefficient (Wildman–Crippen LogP) is 6.11. The minimum absolute atomic E-state index is 0.417. The number of hydrogen-bond donors (Lipinski definition) is 2. The van der Waals surface area contributed by atoms with Crippen LogP contribution in [0.4, 0.5) is 5.82 Å². The molecule has 0 spiro atoms. The fourth-order valence-electron chi connectivity index (χ4n) is 2.85. The second-order valence-corrected chi connectivity index (χ2v) is 7.67. The molecule has 0 fully saturated rings. The molecular formula is C19H12Cl4N4O. The molecule has 4 aromatic rings. The summed E-state index contributed by atoms with van der Waals surface area (Å²) in [6.45, 7) is 0. The van der Waals surface area contributed by atoms with Crippen LogP contribution in [0.25, 0.3) is 16.9 Å². The van der Waals surface area contributed by atoms with E-state index in [0.717, 1.165) is 0 Å². The maximum Gasteiger partial charge on any atom is 0.169 e. The molecule has 1 atom stereocenters. The second-order valence-electron chi connectivity index (χ2n) is 5.95. The van der Waals surface area contributed by atoms with Gasteiger partial charge >= 0.3 is 0 Å². The highest BCUT2D eigenvalue weighted by atomic mass is 35.5. The lowest BCUT2D eigenvalue weighted by Crippen LogP contribution is -2.14. The Morgan fingerprint density at radius 1 is 0.929 bits per heavy atom. The maximum absolute atomic E-state index is 11.0. The number of aliphatic hydroxyl groups is 1. The molecule has 0 saturated heterocycles. The molecule has 28 heavy (non-hydrogen) atoms. The first kappa shape index (κ1) is 19.3. The Morgan fingerprint density at radius 3 is 2.39 bits per heavy atom. The van der Waals surface area contributed by atoms with Gasteiger partial charge in [0.1, 0.15) is 11.5 Å². The van der Waals surface area contributed by atoms with Crippen molar-refractivity contribution in [1.29, 1.82) is 0 Å². The standard InChI is InChI=1S/C19H12Cl4N4O/c20-10-1-4-13(14(23)7-10)17-18(27-9-12(22)3-6-16(27)26-17)19(28)25-15-5-2-11(21)8-24-15/h1-9,19,28H,(H,24,25). The van der Waals surface area contributed by atoms with Gasteiger partial charge in [-0.05, 0) is 42.5 Å². The van der Waals surface area contributed by atoms with Crippen molar-refractivity contribution in [3.63, 3.8) is 0 Å². The van der Waals surface area contributed by atoms with Crippen molar-refractivity contribution in [2.75, 3.05) is 5.32 Å². The molecule has 0 bridgehead atoms. The van der Waals surface area contributed by atoms with Gasteiger partial charge < -0.3 is 10.4 Å². The first-order valence-electron chi connectivity index (χ1n) is 8.11. The first-order valence-corrected chi connectivity index (χ1v) is 9.62. The minimum Gasteiger partial charge on any atom is -0.368 e. The van der Waals surface area contributed by atoms with Crippen molar-refractivity contribution in [1.82, 2.24) is 14.4 Å². The van der Waals surface area contributed by atoms with Crippen molar-refractivity contribution in [2.45, 2.75) is 6.23 Å². The number of anilines is 1. The Morgan fingerprint density at radius 2 is 1.68 bits per heavy atom. The summed E-state index contributed by atoms with van der Waals surface area (Å²) in [5.41, 5.74) is 2.19. The third kappa shape index (κ3) is 3.77. The van der Waals surface area contributed by atoms with Gasteiger partial charge in [-0.25, -0.2) is 9.97 Å². The van der Waals surface area contributed by atoms with Crippen LogP contribution in [0, 0.1) is 0 Å². The van der Waals surface area contributed by atoms with E-state index in [9.17, 15) is 5.11 Å². The molecule has 9 heteroatoms. The van der Waals surface area contributed by atoms with E-state index < -0.39 is 6.23 Å². The van der Waals surface area contributed by atoms with E-state index in [2.05, 4.69) is 15.3 Å². The topological polar surface area (TPSA) is 62.5 Å². The summed E-state index contributed by atoms with van der Waals surface area (Å²) in [6.07, 6.45) is 2.01. The number of nitrogens with one attached hydrogen (secondary N) is 1. The van der Waals surface area contributed by atoms with Crippen LogP contribution in [0.5, 0.6) is 0 Å². The molecule has 0 aliphatic carbocycles. The lowest BCUT2D eigenvalue weighted by Gasteiger charge is -2.16. The monoisotopic (exact) mass is 452 g/mol. The molecule has 3 heterocycles. The van der Waals surface area contributed by atoms with E-state index in [4.69, 9.17) is 46.4 Å². The summed E-state index contributed by atoms with van der Waals surface area (Å²) < 4.78 is 1.70. The summed E-state index contributed by atoms with van der Waals surface area (Å²) in [4.78, 5) is 8.78. The van der Waals surface area contributed by atoms with E-state index in [0.29, 0.717) is 48.5 Å². The average molecular weight is 454 g/mol. The van der Waals surface area contributed by atoms with Crippen LogP contribution in [0.1, 0.15) is 11.9 Å². The van der Waals surface area contributed by atoms with Crippen molar-refractivity contribution in [2.24, 2.45) is 0 Å². The number of benzene rings is 1. The molecule has 142 valence electrons. The third-order valence-electron chi connectivity index (χ3n) is 4.08. The molecule has 3 aromatic heterocycles. The molecule has 0 radical (unpaired) electrons. The molecule has 1 aromatic carbocycles. The van der Waals surface area contributed by atoms with Crippen molar-refractivity contribution < 1.29 is 5.11 Å². The summed E-state index contributed by atoms with van der Waals surface area (Å²) in [5.74, 6) is 0.446. The largest absolute Gasteiger partial charge is 0.368 e. The Balaban J connectivity index is 1.86. The number of rotatable bonds is 4. The van der Waals surface area contributed by atoms with Crippen molar-refractivity contribution in [3.8, 4) is 11.3 Å². The van der Waals surface area contributed by atoms with Crippen molar-refractivity contribution >= 4 is 57.9 Å². The van der Waals surface area contributed by atoms with Gasteiger partial charge in [-0.1, -0.05) is 46.4 Å². The number of imidazole rings is 1. The molecule has 2 N–H and O–H groups in total. The lowest BCUT2D eigenvalue weighted by atomic mass is 10.1. The molecular weight excluding hydrogens is 442 g/mol. The number of aliphatic hydroxyl groups excluding tert-OH is 1. The zero-order valence-electron chi connectivity index (χ0n) is 14.1. The van der Waals surface area contributed by atoms with Gasteiger partial charge in [-0.3, -0.25) is 4.40 Å². The average Bonchev–Trinajstić information content (AvgIpc) is 3.02. The highest BCUT2D eigenvalue weighted by Crippen LogP contribution is 2.35. The van der Waals surface area contributed by atoms with E-state index in [-0.39, 0.29) is 0 Å². The Bertz CT molecular complexity index is 1160. The van der Waals surface area contributed by atoms with Crippen LogP contribution < -0.4 is 5.32 Å². The number of halogens is 4. The predicted molar refractivity (Wildman–Crippen MR) is 113 cm³/mol. The lowest BCUT2D eigenvalue weighted by molar-refractivity contribution is 0.202. The quantitative estimate of drug-likeness (QED) is 0.365. The van der Waals surface area contributed by atoms with Gasteiger partial charge in [0.2, 0.25) is 0 Å². The van der Waals surface area contributed by atoms with Crippen LogP contribution in [0.2, 0.25) is 20.1 Å². The van der Waals surface area contributed by atoms with Gasteiger partial charge in [-0.15, -0.1) is 0 Å². The summed E-state index contributed by atoms with van der Waals surface area (Å²) in [5, 5.41) is 15.8. The van der Waals surface area contributed by atoms with Gasteiger partial charge in [0.25, 0.3) is 0 Å². The molecule has 0 saturated carbocycles. The molecule has 4 rings (SSSR count). The summed E-state index contributed by atoms with van der Waals surface area (Å²) >= 11 is 24.4. The van der Waals surface area contributed by atoms with Gasteiger partial charge in [0, 0.05) is 23.0 Å². The number of fused-ring (bicyclic) bond motifs is 1. The zero-order valence-corrected chi connectivity index (χ0v) is 17.1.